The number of piperidine rings is 1. The highest BCUT2D eigenvalue weighted by Crippen LogP contribution is 2.30. The summed E-state index contributed by atoms with van der Waals surface area (Å²) in [7, 11) is 0. The van der Waals surface area contributed by atoms with Gasteiger partial charge in [-0.2, -0.15) is 0 Å². The van der Waals surface area contributed by atoms with Gasteiger partial charge in [0.1, 0.15) is 5.60 Å². The molecule has 1 N–H and O–H groups in total. The molecule has 0 aromatic carbocycles. The fourth-order valence-corrected chi connectivity index (χ4v) is 2.88. The zero-order valence-electron chi connectivity index (χ0n) is 13.1. The van der Waals surface area contributed by atoms with E-state index in [0.29, 0.717) is 5.92 Å². The predicted octanol–water partition coefficient (Wildman–Crippen LogP) is 3.52. The van der Waals surface area contributed by atoms with Crippen LogP contribution in [0.3, 0.4) is 0 Å². The number of hydrogen-bond donors (Lipinski definition) is 1. The summed E-state index contributed by atoms with van der Waals surface area (Å²) in [5.41, 5.74) is -0.321. The summed E-state index contributed by atoms with van der Waals surface area (Å²) < 4.78 is 5.86. The van der Waals surface area contributed by atoms with Crippen LogP contribution in [0.25, 0.3) is 0 Å². The van der Waals surface area contributed by atoms with Gasteiger partial charge in [0, 0.05) is 5.92 Å². The molecular formula is C16H31NO2. The molecule has 0 spiro atoms. The van der Waals surface area contributed by atoms with E-state index in [4.69, 9.17) is 4.74 Å². The van der Waals surface area contributed by atoms with Gasteiger partial charge >= 0.3 is 5.97 Å². The SMILES string of the molecule is CCCCC(CC)C(=O)OC(C)(C)C1CCNCC1. The third-order valence-corrected chi connectivity index (χ3v) is 4.42. The van der Waals surface area contributed by atoms with Crippen LogP contribution in [0.5, 0.6) is 0 Å². The zero-order valence-corrected chi connectivity index (χ0v) is 13.1. The van der Waals surface area contributed by atoms with Gasteiger partial charge in [-0.1, -0.05) is 26.7 Å². The molecule has 3 heteroatoms. The van der Waals surface area contributed by atoms with Crippen LogP contribution in [0.15, 0.2) is 0 Å². The largest absolute Gasteiger partial charge is 0.459 e. The Morgan fingerprint density at radius 2 is 1.95 bits per heavy atom. The fourth-order valence-electron chi connectivity index (χ4n) is 2.88. The van der Waals surface area contributed by atoms with Crippen molar-refractivity contribution in [3.8, 4) is 0 Å². The van der Waals surface area contributed by atoms with E-state index in [0.717, 1.165) is 51.6 Å². The van der Waals surface area contributed by atoms with Gasteiger partial charge < -0.3 is 10.1 Å². The van der Waals surface area contributed by atoms with Gasteiger partial charge in [-0.25, -0.2) is 0 Å². The molecule has 0 aliphatic carbocycles. The standard InChI is InChI=1S/C16H31NO2/c1-5-7-8-13(6-2)15(18)19-16(3,4)14-9-11-17-12-10-14/h13-14,17H,5-12H2,1-4H3. The molecule has 1 fully saturated rings. The molecule has 1 unspecified atom stereocenters. The van der Waals surface area contributed by atoms with Crippen LogP contribution in [0.1, 0.15) is 66.2 Å². The lowest BCUT2D eigenvalue weighted by Gasteiger charge is -2.37. The lowest BCUT2D eigenvalue weighted by atomic mass is 9.83. The van der Waals surface area contributed by atoms with E-state index in [2.05, 4.69) is 33.0 Å². The number of unbranched alkanes of at least 4 members (excludes halogenated alkanes) is 1. The van der Waals surface area contributed by atoms with Gasteiger partial charge in [0.15, 0.2) is 0 Å². The van der Waals surface area contributed by atoms with Crippen molar-refractivity contribution >= 4 is 5.97 Å². The van der Waals surface area contributed by atoms with Crippen LogP contribution in [0.4, 0.5) is 0 Å². The molecule has 0 bridgehead atoms. The Labute approximate surface area is 118 Å². The third kappa shape index (κ3) is 5.13. The number of esters is 1. The average Bonchev–Trinajstić information content (AvgIpc) is 2.40. The highest BCUT2D eigenvalue weighted by atomic mass is 16.6. The molecule has 0 radical (unpaired) electrons. The molecule has 112 valence electrons. The van der Waals surface area contributed by atoms with Crippen molar-refractivity contribution in [2.24, 2.45) is 11.8 Å². The summed E-state index contributed by atoms with van der Waals surface area (Å²) in [4.78, 5) is 12.3. The first-order valence-corrected chi connectivity index (χ1v) is 7.94. The molecule has 1 saturated heterocycles. The second-order valence-electron chi connectivity index (χ2n) is 6.30. The van der Waals surface area contributed by atoms with Crippen molar-refractivity contribution in [3.63, 3.8) is 0 Å². The Bertz CT molecular complexity index is 270. The maximum Gasteiger partial charge on any atom is 0.309 e. The molecule has 0 aromatic heterocycles. The van der Waals surface area contributed by atoms with Gasteiger partial charge in [-0.3, -0.25) is 4.79 Å². The van der Waals surface area contributed by atoms with Crippen LogP contribution < -0.4 is 5.32 Å². The number of ether oxygens (including phenoxy) is 1. The zero-order chi connectivity index (χ0) is 14.3. The second kappa shape index (κ2) is 7.88. The molecule has 19 heavy (non-hydrogen) atoms. The van der Waals surface area contributed by atoms with Crippen molar-refractivity contribution in [1.82, 2.24) is 5.32 Å². The van der Waals surface area contributed by atoms with Crippen molar-refractivity contribution in [3.05, 3.63) is 0 Å². The molecule has 0 aromatic rings. The summed E-state index contributed by atoms with van der Waals surface area (Å²) in [6.07, 6.45) is 6.32. The molecule has 1 rings (SSSR count). The predicted molar refractivity (Wildman–Crippen MR) is 79.1 cm³/mol. The molecule has 1 atom stereocenters. The van der Waals surface area contributed by atoms with Gasteiger partial charge in [0.2, 0.25) is 0 Å². The molecule has 1 aliphatic heterocycles. The van der Waals surface area contributed by atoms with Crippen LogP contribution in [-0.2, 0) is 9.53 Å². The molecule has 0 amide bonds. The van der Waals surface area contributed by atoms with Crippen molar-refractivity contribution in [2.75, 3.05) is 13.1 Å². The number of carbonyl (C=O) groups is 1. The van der Waals surface area contributed by atoms with Crippen LogP contribution in [0, 0.1) is 11.8 Å². The maximum absolute atomic E-state index is 12.3. The van der Waals surface area contributed by atoms with Crippen LogP contribution >= 0.6 is 0 Å². The smallest absolute Gasteiger partial charge is 0.309 e. The van der Waals surface area contributed by atoms with Gasteiger partial charge in [-0.05, 0) is 52.6 Å². The van der Waals surface area contributed by atoms with E-state index in [-0.39, 0.29) is 17.5 Å². The lowest BCUT2D eigenvalue weighted by molar-refractivity contribution is -0.168. The van der Waals surface area contributed by atoms with E-state index in [9.17, 15) is 4.79 Å². The van der Waals surface area contributed by atoms with E-state index < -0.39 is 0 Å². The van der Waals surface area contributed by atoms with Crippen molar-refractivity contribution in [1.29, 1.82) is 0 Å². The first kappa shape index (κ1) is 16.5. The topological polar surface area (TPSA) is 38.3 Å². The van der Waals surface area contributed by atoms with Gasteiger partial charge in [0.25, 0.3) is 0 Å². The Balaban J connectivity index is 2.51. The third-order valence-electron chi connectivity index (χ3n) is 4.42. The summed E-state index contributed by atoms with van der Waals surface area (Å²) in [6, 6.07) is 0. The number of rotatable bonds is 7. The minimum Gasteiger partial charge on any atom is -0.459 e. The second-order valence-corrected chi connectivity index (χ2v) is 6.30. The molecular weight excluding hydrogens is 238 g/mol. The molecule has 1 aliphatic rings. The van der Waals surface area contributed by atoms with Crippen LogP contribution in [-0.4, -0.2) is 24.7 Å². The molecule has 3 nitrogen and oxygen atoms in total. The summed E-state index contributed by atoms with van der Waals surface area (Å²) in [5, 5.41) is 3.36. The summed E-state index contributed by atoms with van der Waals surface area (Å²) in [5.74, 6) is 0.585. The number of nitrogens with one attached hydrogen (secondary N) is 1. The Morgan fingerprint density at radius 1 is 1.32 bits per heavy atom. The van der Waals surface area contributed by atoms with E-state index in [1.54, 1.807) is 0 Å². The fraction of sp³-hybridized carbons (Fsp3) is 0.938. The first-order valence-electron chi connectivity index (χ1n) is 7.94. The Hall–Kier alpha value is -0.570. The quantitative estimate of drug-likeness (QED) is 0.719. The highest BCUT2D eigenvalue weighted by Gasteiger charge is 2.35. The molecule has 1 heterocycles. The number of carbonyl (C=O) groups excluding carboxylic acids is 1. The summed E-state index contributed by atoms with van der Waals surface area (Å²) >= 11 is 0. The maximum atomic E-state index is 12.3. The van der Waals surface area contributed by atoms with Crippen molar-refractivity contribution < 1.29 is 9.53 Å². The normalized spacial score (nSPS) is 19.2. The Kier molecular flexibility index (Phi) is 6.84. The minimum atomic E-state index is -0.321. The Morgan fingerprint density at radius 3 is 2.47 bits per heavy atom. The van der Waals surface area contributed by atoms with E-state index in [1.807, 2.05) is 0 Å². The number of hydrogen-bond acceptors (Lipinski definition) is 3. The first-order chi connectivity index (χ1) is 9.01. The van der Waals surface area contributed by atoms with Crippen LogP contribution in [0.2, 0.25) is 0 Å². The van der Waals surface area contributed by atoms with E-state index >= 15 is 0 Å². The average molecular weight is 269 g/mol. The van der Waals surface area contributed by atoms with E-state index in [1.165, 1.54) is 0 Å². The highest BCUT2D eigenvalue weighted by molar-refractivity contribution is 5.72. The minimum absolute atomic E-state index is 0.0134. The van der Waals surface area contributed by atoms with Gasteiger partial charge in [-0.15, -0.1) is 0 Å². The lowest BCUT2D eigenvalue weighted by Crippen LogP contribution is -2.43. The molecule has 0 saturated carbocycles. The summed E-state index contributed by atoms with van der Waals surface area (Å²) in [6.45, 7) is 10.5. The monoisotopic (exact) mass is 269 g/mol. The van der Waals surface area contributed by atoms with Gasteiger partial charge in [0.05, 0.1) is 5.92 Å². The van der Waals surface area contributed by atoms with Crippen molar-refractivity contribution in [2.45, 2.75) is 71.8 Å².